The molecule has 1 aromatic rings. The summed E-state index contributed by atoms with van der Waals surface area (Å²) in [6.07, 6.45) is 2.06. The molecule has 0 atom stereocenters. The van der Waals surface area contributed by atoms with Crippen LogP contribution in [0.2, 0.25) is 0 Å². The van der Waals surface area contributed by atoms with Gasteiger partial charge in [0.15, 0.2) is 0 Å². The molecule has 0 amide bonds. The van der Waals surface area contributed by atoms with Crippen molar-refractivity contribution in [3.8, 4) is 6.07 Å². The van der Waals surface area contributed by atoms with Crippen LogP contribution >= 0.6 is 0 Å². The van der Waals surface area contributed by atoms with E-state index >= 15 is 0 Å². The normalized spacial score (nSPS) is 15.6. The molecular formula is C14H17N3O3. The van der Waals surface area contributed by atoms with Gasteiger partial charge >= 0.3 is 0 Å². The zero-order valence-corrected chi connectivity index (χ0v) is 11.4. The molecule has 1 heterocycles. The first-order chi connectivity index (χ1) is 9.61. The largest absolute Gasteiger partial charge is 0.381 e. The Morgan fingerprint density at radius 3 is 2.80 bits per heavy atom. The van der Waals surface area contributed by atoms with E-state index in [0.29, 0.717) is 5.92 Å². The number of benzene rings is 1. The van der Waals surface area contributed by atoms with Crippen LogP contribution in [0.1, 0.15) is 18.4 Å². The van der Waals surface area contributed by atoms with Crippen LogP contribution < -0.4 is 4.90 Å². The van der Waals surface area contributed by atoms with E-state index in [1.54, 1.807) is 12.1 Å². The molecule has 1 fully saturated rings. The molecule has 0 saturated carbocycles. The van der Waals surface area contributed by atoms with Gasteiger partial charge in [-0.1, -0.05) is 0 Å². The van der Waals surface area contributed by atoms with Crippen molar-refractivity contribution in [2.24, 2.45) is 5.92 Å². The second-order valence-corrected chi connectivity index (χ2v) is 5.01. The topological polar surface area (TPSA) is 79.4 Å². The van der Waals surface area contributed by atoms with E-state index in [-0.39, 0.29) is 11.3 Å². The summed E-state index contributed by atoms with van der Waals surface area (Å²) >= 11 is 0. The molecule has 6 nitrogen and oxygen atoms in total. The molecular weight excluding hydrogens is 258 g/mol. The molecule has 0 radical (unpaired) electrons. The summed E-state index contributed by atoms with van der Waals surface area (Å²) in [5, 5.41) is 19.8. The van der Waals surface area contributed by atoms with Crippen molar-refractivity contribution in [3.05, 3.63) is 33.9 Å². The van der Waals surface area contributed by atoms with Gasteiger partial charge in [-0.15, -0.1) is 0 Å². The second-order valence-electron chi connectivity index (χ2n) is 5.01. The van der Waals surface area contributed by atoms with Crippen LogP contribution in [0.25, 0.3) is 0 Å². The van der Waals surface area contributed by atoms with Crippen molar-refractivity contribution in [1.29, 1.82) is 5.26 Å². The summed E-state index contributed by atoms with van der Waals surface area (Å²) in [5.74, 6) is 0.564. The number of nitrogens with zero attached hydrogens (tertiary/aromatic N) is 3. The molecule has 6 heteroatoms. The number of ether oxygens (including phenoxy) is 1. The zero-order valence-electron chi connectivity index (χ0n) is 11.4. The van der Waals surface area contributed by atoms with Gasteiger partial charge in [-0.25, -0.2) is 0 Å². The predicted octanol–water partition coefficient (Wildman–Crippen LogP) is 2.33. The third-order valence-corrected chi connectivity index (χ3v) is 3.61. The van der Waals surface area contributed by atoms with Gasteiger partial charge in [0.25, 0.3) is 5.69 Å². The molecule has 1 saturated heterocycles. The standard InChI is InChI=1S/C14H17N3O3/c1-16(10-11-4-6-20-7-5-11)13-2-3-14(17(18)19)12(8-13)9-15/h2-3,8,11H,4-7,10H2,1H3. The van der Waals surface area contributed by atoms with E-state index in [4.69, 9.17) is 10.00 Å². The summed E-state index contributed by atoms with van der Waals surface area (Å²) < 4.78 is 5.33. The van der Waals surface area contributed by atoms with Crippen molar-refractivity contribution in [3.63, 3.8) is 0 Å². The second kappa shape index (κ2) is 6.35. The molecule has 1 aromatic carbocycles. The minimum Gasteiger partial charge on any atom is -0.381 e. The lowest BCUT2D eigenvalue weighted by molar-refractivity contribution is -0.385. The first kappa shape index (κ1) is 14.3. The summed E-state index contributed by atoms with van der Waals surface area (Å²) in [4.78, 5) is 12.3. The summed E-state index contributed by atoms with van der Waals surface area (Å²) in [5.41, 5.74) is 0.792. The van der Waals surface area contributed by atoms with Crippen LogP contribution in [0.15, 0.2) is 18.2 Å². The number of hydrogen-bond acceptors (Lipinski definition) is 5. The molecule has 20 heavy (non-hydrogen) atoms. The van der Waals surface area contributed by atoms with E-state index in [0.717, 1.165) is 38.3 Å². The Balaban J connectivity index is 2.11. The van der Waals surface area contributed by atoms with Gasteiger partial charge in [0.1, 0.15) is 11.6 Å². The van der Waals surface area contributed by atoms with E-state index in [2.05, 4.69) is 0 Å². The first-order valence-corrected chi connectivity index (χ1v) is 6.59. The van der Waals surface area contributed by atoms with Gasteiger partial charge in [0, 0.05) is 38.6 Å². The number of rotatable bonds is 4. The number of hydrogen-bond donors (Lipinski definition) is 0. The van der Waals surface area contributed by atoms with Crippen molar-refractivity contribution < 1.29 is 9.66 Å². The highest BCUT2D eigenvalue weighted by atomic mass is 16.6. The van der Waals surface area contributed by atoms with Crippen LogP contribution in [0, 0.1) is 27.4 Å². The number of anilines is 1. The number of nitro benzene ring substituents is 1. The minimum atomic E-state index is -0.527. The number of nitriles is 1. The van der Waals surface area contributed by atoms with Crippen LogP contribution in [0.5, 0.6) is 0 Å². The average Bonchev–Trinajstić information content (AvgIpc) is 2.47. The predicted molar refractivity (Wildman–Crippen MR) is 74.6 cm³/mol. The SMILES string of the molecule is CN(CC1CCOCC1)c1ccc([N+](=O)[O-])c(C#N)c1. The van der Waals surface area contributed by atoms with Crippen molar-refractivity contribution in [2.75, 3.05) is 31.7 Å². The van der Waals surface area contributed by atoms with Crippen molar-refractivity contribution in [1.82, 2.24) is 0 Å². The lowest BCUT2D eigenvalue weighted by Gasteiger charge is -2.28. The molecule has 106 valence electrons. The highest BCUT2D eigenvalue weighted by Crippen LogP contribution is 2.25. The summed E-state index contributed by atoms with van der Waals surface area (Å²) in [6.45, 7) is 2.45. The number of nitro groups is 1. The Kier molecular flexibility index (Phi) is 4.53. The van der Waals surface area contributed by atoms with Gasteiger partial charge in [-0.2, -0.15) is 5.26 Å². The quantitative estimate of drug-likeness (QED) is 0.622. The van der Waals surface area contributed by atoms with E-state index in [9.17, 15) is 10.1 Å². The Bertz CT molecular complexity index is 533. The van der Waals surface area contributed by atoms with E-state index < -0.39 is 4.92 Å². The molecule has 0 aliphatic carbocycles. The fourth-order valence-corrected chi connectivity index (χ4v) is 2.43. The highest BCUT2D eigenvalue weighted by Gasteiger charge is 2.18. The third kappa shape index (κ3) is 3.25. The maximum atomic E-state index is 10.8. The molecule has 0 spiro atoms. The summed E-state index contributed by atoms with van der Waals surface area (Å²) in [7, 11) is 1.94. The lowest BCUT2D eigenvalue weighted by atomic mass is 9.99. The van der Waals surface area contributed by atoms with Crippen molar-refractivity contribution >= 4 is 11.4 Å². The molecule has 0 bridgehead atoms. The van der Waals surface area contributed by atoms with E-state index in [1.165, 1.54) is 6.07 Å². The molecule has 2 rings (SSSR count). The van der Waals surface area contributed by atoms with Crippen LogP contribution in [-0.4, -0.2) is 31.7 Å². The molecule has 1 aliphatic heterocycles. The average molecular weight is 275 g/mol. The zero-order chi connectivity index (χ0) is 14.5. The summed E-state index contributed by atoms with van der Waals surface area (Å²) in [6, 6.07) is 6.56. The molecule has 0 N–H and O–H groups in total. The Labute approximate surface area is 117 Å². The van der Waals surface area contributed by atoms with Crippen LogP contribution in [0.3, 0.4) is 0 Å². The van der Waals surface area contributed by atoms with Crippen molar-refractivity contribution in [2.45, 2.75) is 12.8 Å². The maximum absolute atomic E-state index is 10.8. The fraction of sp³-hybridized carbons (Fsp3) is 0.500. The highest BCUT2D eigenvalue weighted by molar-refractivity contribution is 5.59. The Morgan fingerprint density at radius 2 is 2.20 bits per heavy atom. The van der Waals surface area contributed by atoms with Crippen LogP contribution in [0.4, 0.5) is 11.4 Å². The fourth-order valence-electron chi connectivity index (χ4n) is 2.43. The Morgan fingerprint density at radius 1 is 1.50 bits per heavy atom. The lowest BCUT2D eigenvalue weighted by Crippen LogP contribution is -2.29. The Hall–Kier alpha value is -2.13. The maximum Gasteiger partial charge on any atom is 0.287 e. The molecule has 0 aromatic heterocycles. The monoisotopic (exact) mass is 275 g/mol. The molecule has 1 aliphatic rings. The molecule has 0 unspecified atom stereocenters. The van der Waals surface area contributed by atoms with Crippen LogP contribution in [-0.2, 0) is 4.74 Å². The first-order valence-electron chi connectivity index (χ1n) is 6.59. The minimum absolute atomic E-state index is 0.103. The van der Waals surface area contributed by atoms with Gasteiger partial charge in [0.05, 0.1) is 4.92 Å². The van der Waals surface area contributed by atoms with Gasteiger partial charge in [-0.05, 0) is 30.9 Å². The van der Waals surface area contributed by atoms with Gasteiger partial charge in [-0.3, -0.25) is 10.1 Å². The van der Waals surface area contributed by atoms with Gasteiger partial charge in [0.2, 0.25) is 0 Å². The third-order valence-electron chi connectivity index (χ3n) is 3.61. The van der Waals surface area contributed by atoms with Gasteiger partial charge < -0.3 is 9.64 Å². The smallest absolute Gasteiger partial charge is 0.287 e. The van der Waals surface area contributed by atoms with E-state index in [1.807, 2.05) is 18.0 Å².